The number of halogens is 1. The summed E-state index contributed by atoms with van der Waals surface area (Å²) in [6.07, 6.45) is 6.98. The molecular weight excluding hydrogens is 517 g/mol. The number of rotatable bonds is 11. The molecule has 8 nitrogen and oxygen atoms in total. The van der Waals surface area contributed by atoms with E-state index in [1.54, 1.807) is 13.4 Å². The third-order valence-corrected chi connectivity index (χ3v) is 5.58. The largest absolute Gasteiger partial charge is 0.497 e. The van der Waals surface area contributed by atoms with E-state index in [1.807, 2.05) is 18.2 Å². The van der Waals surface area contributed by atoms with Crippen molar-refractivity contribution in [2.45, 2.75) is 38.8 Å². The third-order valence-electron chi connectivity index (χ3n) is 5.58. The average Bonchev–Trinajstić information content (AvgIpc) is 3.49. The first-order chi connectivity index (χ1) is 15.2. The van der Waals surface area contributed by atoms with Crippen molar-refractivity contribution in [3.05, 3.63) is 54.6 Å². The van der Waals surface area contributed by atoms with E-state index in [1.165, 1.54) is 18.4 Å². The fourth-order valence-electron chi connectivity index (χ4n) is 3.87. The number of aryl methyl sites for hydroxylation is 1. The molecule has 2 N–H and O–H groups in total. The van der Waals surface area contributed by atoms with Gasteiger partial charge in [0.05, 0.1) is 19.7 Å². The molecule has 1 aliphatic rings. The van der Waals surface area contributed by atoms with Crippen molar-refractivity contribution in [3.63, 3.8) is 0 Å². The lowest BCUT2D eigenvalue weighted by Crippen LogP contribution is -2.40. The third kappa shape index (κ3) is 7.47. The zero-order valence-corrected chi connectivity index (χ0v) is 21.5. The van der Waals surface area contributed by atoms with E-state index < -0.39 is 0 Å². The van der Waals surface area contributed by atoms with Gasteiger partial charge in [-0.05, 0) is 43.6 Å². The van der Waals surface area contributed by atoms with Crippen LogP contribution in [0.2, 0.25) is 0 Å². The van der Waals surface area contributed by atoms with E-state index in [2.05, 4.69) is 55.9 Å². The van der Waals surface area contributed by atoms with Crippen LogP contribution in [0, 0.1) is 0 Å². The van der Waals surface area contributed by atoms with Crippen LogP contribution in [0.1, 0.15) is 37.2 Å². The molecule has 1 aromatic carbocycles. The molecule has 1 fully saturated rings. The Morgan fingerprint density at radius 3 is 2.66 bits per heavy atom. The van der Waals surface area contributed by atoms with Gasteiger partial charge in [0.15, 0.2) is 5.96 Å². The first kappa shape index (κ1) is 26.1. The highest BCUT2D eigenvalue weighted by molar-refractivity contribution is 14.0. The van der Waals surface area contributed by atoms with Crippen LogP contribution in [-0.2, 0) is 13.0 Å². The van der Waals surface area contributed by atoms with Crippen molar-refractivity contribution in [1.82, 2.24) is 30.3 Å². The van der Waals surface area contributed by atoms with E-state index in [9.17, 15) is 0 Å². The quantitative estimate of drug-likeness (QED) is 0.193. The lowest BCUT2D eigenvalue weighted by Gasteiger charge is -2.27. The highest BCUT2D eigenvalue weighted by atomic mass is 127. The summed E-state index contributed by atoms with van der Waals surface area (Å²) in [5.41, 5.74) is 1.27. The number of hydrogen-bond donors (Lipinski definition) is 2. The number of benzene rings is 1. The smallest absolute Gasteiger partial charge is 0.191 e. The molecule has 0 amide bonds. The predicted molar refractivity (Wildman–Crippen MR) is 140 cm³/mol. The lowest BCUT2D eigenvalue weighted by atomic mass is 10.1. The van der Waals surface area contributed by atoms with Gasteiger partial charge in [-0.25, -0.2) is 0 Å². The molecule has 1 aromatic heterocycles. The molecule has 0 saturated carbocycles. The maximum Gasteiger partial charge on any atom is 0.191 e. The number of guanidine groups is 1. The zero-order chi connectivity index (χ0) is 21.9. The van der Waals surface area contributed by atoms with Crippen LogP contribution in [0.3, 0.4) is 0 Å². The number of methoxy groups -OCH3 is 1. The van der Waals surface area contributed by atoms with Gasteiger partial charge in [0.25, 0.3) is 0 Å². The van der Waals surface area contributed by atoms with Crippen molar-refractivity contribution < 1.29 is 4.74 Å². The number of aliphatic imine (C=N–C) groups is 1. The predicted octanol–water partition coefficient (Wildman–Crippen LogP) is 3.03. The Bertz CT molecular complexity index is 831. The second kappa shape index (κ2) is 14.1. The van der Waals surface area contributed by atoms with Crippen molar-refractivity contribution in [2.24, 2.45) is 4.99 Å². The Labute approximate surface area is 208 Å². The fourth-order valence-corrected chi connectivity index (χ4v) is 3.87. The molecule has 1 saturated heterocycles. The van der Waals surface area contributed by atoms with Crippen LogP contribution < -0.4 is 15.4 Å². The minimum Gasteiger partial charge on any atom is -0.497 e. The average molecular weight is 553 g/mol. The Morgan fingerprint density at radius 2 is 2.00 bits per heavy atom. The minimum atomic E-state index is 0. The fraction of sp³-hybridized carbons (Fsp3) is 0.522. The summed E-state index contributed by atoms with van der Waals surface area (Å²) in [7, 11) is 1.70. The zero-order valence-electron chi connectivity index (χ0n) is 19.2. The van der Waals surface area contributed by atoms with Gasteiger partial charge in [-0.3, -0.25) is 9.89 Å². The number of nitrogens with one attached hydrogen (secondary N) is 2. The van der Waals surface area contributed by atoms with Gasteiger partial charge >= 0.3 is 0 Å². The molecule has 0 spiro atoms. The minimum absolute atomic E-state index is 0. The van der Waals surface area contributed by atoms with Gasteiger partial charge in [-0.1, -0.05) is 25.1 Å². The Kier molecular flexibility index (Phi) is 11.5. The van der Waals surface area contributed by atoms with Gasteiger partial charge in [-0.2, -0.15) is 0 Å². The molecular formula is C23H36IN7O. The second-order valence-corrected chi connectivity index (χ2v) is 7.61. The summed E-state index contributed by atoms with van der Waals surface area (Å²) < 4.78 is 7.40. The van der Waals surface area contributed by atoms with Crippen molar-refractivity contribution in [2.75, 3.05) is 39.8 Å². The topological polar surface area (TPSA) is 79.6 Å². The highest BCUT2D eigenvalue weighted by Crippen LogP contribution is 2.27. The highest BCUT2D eigenvalue weighted by Gasteiger charge is 2.23. The van der Waals surface area contributed by atoms with E-state index >= 15 is 0 Å². The molecule has 32 heavy (non-hydrogen) atoms. The molecule has 0 bridgehead atoms. The summed E-state index contributed by atoms with van der Waals surface area (Å²) in [6, 6.07) is 8.61. The number of likely N-dealkylation sites (tertiary alicyclic amines) is 1. The molecule has 1 atom stereocenters. The van der Waals surface area contributed by atoms with E-state index in [4.69, 9.17) is 9.73 Å². The first-order valence-electron chi connectivity index (χ1n) is 11.1. The lowest BCUT2D eigenvalue weighted by molar-refractivity contribution is 0.251. The summed E-state index contributed by atoms with van der Waals surface area (Å²) in [4.78, 5) is 7.45. The summed E-state index contributed by atoms with van der Waals surface area (Å²) in [5, 5.41) is 14.9. The molecule has 1 aliphatic heterocycles. The molecule has 176 valence electrons. The van der Waals surface area contributed by atoms with Crippen molar-refractivity contribution in [3.8, 4) is 5.75 Å². The van der Waals surface area contributed by atoms with Gasteiger partial charge in [0.1, 0.15) is 17.9 Å². The van der Waals surface area contributed by atoms with E-state index in [0.29, 0.717) is 13.1 Å². The summed E-state index contributed by atoms with van der Waals surface area (Å²) in [5.74, 6) is 2.67. The van der Waals surface area contributed by atoms with Crippen LogP contribution >= 0.6 is 24.0 Å². The second-order valence-electron chi connectivity index (χ2n) is 7.61. The van der Waals surface area contributed by atoms with Gasteiger partial charge in [-0.15, -0.1) is 40.8 Å². The molecule has 9 heteroatoms. The summed E-state index contributed by atoms with van der Waals surface area (Å²) >= 11 is 0. The molecule has 3 rings (SSSR count). The maximum absolute atomic E-state index is 5.33. The number of aromatic nitrogens is 3. The van der Waals surface area contributed by atoms with Crippen LogP contribution in [0.15, 0.2) is 48.2 Å². The number of nitrogens with zero attached hydrogens (tertiary/aromatic N) is 5. The van der Waals surface area contributed by atoms with Gasteiger partial charge < -0.3 is 19.9 Å². The van der Waals surface area contributed by atoms with Crippen LogP contribution in [0.25, 0.3) is 0 Å². The molecule has 1 unspecified atom stereocenters. The molecule has 2 heterocycles. The monoisotopic (exact) mass is 553 g/mol. The normalized spacial score (nSPS) is 15.1. The van der Waals surface area contributed by atoms with Crippen LogP contribution in [0.4, 0.5) is 0 Å². The van der Waals surface area contributed by atoms with Crippen molar-refractivity contribution >= 4 is 29.9 Å². The van der Waals surface area contributed by atoms with Crippen molar-refractivity contribution in [1.29, 1.82) is 0 Å². The molecule has 0 aliphatic carbocycles. The first-order valence-corrected chi connectivity index (χ1v) is 11.1. The van der Waals surface area contributed by atoms with E-state index in [-0.39, 0.29) is 30.0 Å². The molecule has 0 radical (unpaired) electrons. The Morgan fingerprint density at radius 1 is 1.25 bits per heavy atom. The van der Waals surface area contributed by atoms with Crippen LogP contribution in [-0.4, -0.2) is 65.5 Å². The summed E-state index contributed by atoms with van der Waals surface area (Å²) in [6.45, 7) is 11.0. The maximum atomic E-state index is 5.33. The van der Waals surface area contributed by atoms with Crippen LogP contribution in [0.5, 0.6) is 5.75 Å². The Hall–Kier alpha value is -2.14. The van der Waals surface area contributed by atoms with Gasteiger partial charge in [0.2, 0.25) is 0 Å². The standard InChI is InChI=1S/C23H35N7O.HI/c1-4-12-24-23(25-13-16-30-18-27-28-22(30)5-2)26-17-21(29-14-6-7-15-29)19-8-10-20(31-3)11-9-19;/h4,8-11,18,21H,1,5-7,12-17H2,2-3H3,(H2,24,25,26);1H. The van der Waals surface area contributed by atoms with E-state index in [0.717, 1.165) is 50.1 Å². The number of hydrogen-bond acceptors (Lipinski definition) is 5. The Balaban J connectivity index is 0.00000363. The number of ether oxygens (including phenoxy) is 1. The SMILES string of the molecule is C=CCNC(=NCC(c1ccc(OC)cc1)N1CCCC1)NCCn1cnnc1CC.I. The van der Waals surface area contributed by atoms with Gasteiger partial charge in [0, 0.05) is 26.1 Å². The molecule has 2 aromatic rings.